The second-order valence-electron chi connectivity index (χ2n) is 5.22. The zero-order chi connectivity index (χ0) is 18.2. The molecule has 0 spiro atoms. The fraction of sp³-hybridized carbons (Fsp3) is 0.176. The predicted octanol–water partition coefficient (Wildman–Crippen LogP) is 4.14. The Bertz CT molecular complexity index is 948. The number of hydrogen-bond donors (Lipinski definition) is 1. The molecule has 8 heteroatoms. The van der Waals surface area contributed by atoms with E-state index in [1.165, 1.54) is 22.8 Å². The largest absolute Gasteiger partial charge is 0.478 e. The van der Waals surface area contributed by atoms with E-state index in [4.69, 9.17) is 9.84 Å². The Labute approximate surface area is 140 Å². The van der Waals surface area contributed by atoms with Crippen molar-refractivity contribution in [3.8, 4) is 11.7 Å². The molecule has 0 amide bonds. The quantitative estimate of drug-likeness (QED) is 0.768. The van der Waals surface area contributed by atoms with Gasteiger partial charge >= 0.3 is 18.2 Å². The molecule has 0 saturated heterocycles. The summed E-state index contributed by atoms with van der Waals surface area (Å²) in [4.78, 5) is 15.3. The van der Waals surface area contributed by atoms with Crippen molar-refractivity contribution < 1.29 is 27.8 Å². The molecule has 1 N–H and O–H groups in total. The first-order chi connectivity index (χ1) is 11.8. The first-order valence-electron chi connectivity index (χ1n) is 7.37. The molecule has 0 fully saturated rings. The van der Waals surface area contributed by atoms with Crippen LogP contribution in [-0.4, -0.2) is 27.2 Å². The number of aromatic nitrogens is 2. The molecule has 0 unspecified atom stereocenters. The normalized spacial score (nSPS) is 11.7. The lowest BCUT2D eigenvalue weighted by Crippen LogP contribution is -2.05. The molecule has 2 aromatic carbocycles. The van der Waals surface area contributed by atoms with Crippen LogP contribution in [0.2, 0.25) is 0 Å². The second-order valence-corrected chi connectivity index (χ2v) is 5.22. The highest BCUT2D eigenvalue weighted by molar-refractivity contribution is 5.89. The Balaban J connectivity index is 2.24. The highest BCUT2D eigenvalue weighted by Gasteiger charge is 2.31. The number of halogens is 3. The van der Waals surface area contributed by atoms with Gasteiger partial charge in [-0.2, -0.15) is 18.2 Å². The van der Waals surface area contributed by atoms with E-state index in [2.05, 4.69) is 4.98 Å². The number of carboxylic acid groups (broad SMARTS) is 1. The van der Waals surface area contributed by atoms with Gasteiger partial charge in [-0.1, -0.05) is 6.07 Å². The van der Waals surface area contributed by atoms with Crippen LogP contribution in [0, 0.1) is 0 Å². The summed E-state index contributed by atoms with van der Waals surface area (Å²) in [6, 6.07) is 9.29. The number of alkyl halides is 3. The van der Waals surface area contributed by atoms with Gasteiger partial charge in [0.15, 0.2) is 0 Å². The van der Waals surface area contributed by atoms with E-state index in [0.717, 1.165) is 12.1 Å². The maximum Gasteiger partial charge on any atom is 0.416 e. The molecule has 130 valence electrons. The van der Waals surface area contributed by atoms with Gasteiger partial charge in [-0.3, -0.25) is 4.57 Å². The molecular formula is C17H13F3N2O3. The number of carbonyl (C=O) groups is 1. The lowest BCUT2D eigenvalue weighted by atomic mass is 10.1. The molecule has 3 rings (SSSR count). The second kappa shape index (κ2) is 6.12. The fourth-order valence-electron chi connectivity index (χ4n) is 2.49. The van der Waals surface area contributed by atoms with E-state index >= 15 is 0 Å². The number of aromatic carboxylic acids is 1. The minimum atomic E-state index is -4.48. The molecule has 0 aliphatic carbocycles. The minimum Gasteiger partial charge on any atom is -0.478 e. The van der Waals surface area contributed by atoms with Gasteiger partial charge in [0.25, 0.3) is 0 Å². The number of imidazole rings is 1. The Morgan fingerprint density at radius 1 is 1.24 bits per heavy atom. The van der Waals surface area contributed by atoms with E-state index in [-0.39, 0.29) is 23.7 Å². The van der Waals surface area contributed by atoms with Crippen LogP contribution in [0.4, 0.5) is 13.2 Å². The standard InChI is InChI=1S/C17H13F3N2O3/c1-2-25-16-21-13-9-11(17(18,19)20)6-7-14(13)22(16)12-5-3-4-10(8-12)15(23)24/h3-9H,2H2,1H3,(H,23,24). The number of carboxylic acids is 1. The van der Waals surface area contributed by atoms with Crippen molar-refractivity contribution in [1.29, 1.82) is 0 Å². The van der Waals surface area contributed by atoms with Crippen LogP contribution >= 0.6 is 0 Å². The fourth-order valence-corrected chi connectivity index (χ4v) is 2.49. The Hall–Kier alpha value is -3.03. The van der Waals surface area contributed by atoms with Gasteiger partial charge in [-0.15, -0.1) is 0 Å². The molecule has 1 heterocycles. The predicted molar refractivity (Wildman–Crippen MR) is 84.2 cm³/mol. The van der Waals surface area contributed by atoms with Gasteiger partial charge < -0.3 is 9.84 Å². The molecule has 0 saturated carbocycles. The van der Waals surface area contributed by atoms with Crippen molar-refractivity contribution in [2.75, 3.05) is 6.61 Å². The van der Waals surface area contributed by atoms with Crippen molar-refractivity contribution in [3.63, 3.8) is 0 Å². The number of rotatable bonds is 4. The van der Waals surface area contributed by atoms with E-state index in [1.54, 1.807) is 19.1 Å². The number of fused-ring (bicyclic) bond motifs is 1. The summed E-state index contributed by atoms with van der Waals surface area (Å²) in [5.74, 6) is -1.11. The van der Waals surface area contributed by atoms with Crippen molar-refractivity contribution in [1.82, 2.24) is 9.55 Å². The summed E-state index contributed by atoms with van der Waals surface area (Å²) in [6.07, 6.45) is -4.48. The zero-order valence-electron chi connectivity index (χ0n) is 13.0. The SMILES string of the molecule is CCOc1nc2cc(C(F)(F)F)ccc2n1-c1cccc(C(=O)O)c1. The van der Waals surface area contributed by atoms with E-state index in [1.807, 2.05) is 0 Å². The molecule has 25 heavy (non-hydrogen) atoms. The molecule has 1 aromatic heterocycles. The van der Waals surface area contributed by atoms with Crippen molar-refractivity contribution in [2.45, 2.75) is 13.1 Å². The molecular weight excluding hydrogens is 337 g/mol. The van der Waals surface area contributed by atoms with Crippen LogP contribution in [0.3, 0.4) is 0 Å². The summed E-state index contributed by atoms with van der Waals surface area (Å²) in [6.45, 7) is 1.98. The lowest BCUT2D eigenvalue weighted by Gasteiger charge is -2.10. The molecule has 0 aliphatic rings. The highest BCUT2D eigenvalue weighted by atomic mass is 19.4. The molecule has 0 bridgehead atoms. The maximum atomic E-state index is 12.9. The summed E-state index contributed by atoms with van der Waals surface area (Å²) in [5.41, 5.74) is 0.171. The molecule has 0 atom stereocenters. The van der Waals surface area contributed by atoms with Crippen LogP contribution in [0.15, 0.2) is 42.5 Å². The average molecular weight is 350 g/mol. The summed E-state index contributed by atoms with van der Waals surface area (Å²) in [5, 5.41) is 9.14. The van der Waals surface area contributed by atoms with Crippen LogP contribution in [0.5, 0.6) is 6.01 Å². The Morgan fingerprint density at radius 3 is 2.64 bits per heavy atom. The molecule has 0 radical (unpaired) electrons. The monoisotopic (exact) mass is 350 g/mol. The van der Waals surface area contributed by atoms with E-state index in [9.17, 15) is 18.0 Å². The van der Waals surface area contributed by atoms with Crippen molar-refractivity contribution >= 4 is 17.0 Å². The maximum absolute atomic E-state index is 12.9. The summed E-state index contributed by atoms with van der Waals surface area (Å²) in [7, 11) is 0. The molecule has 0 aliphatic heterocycles. The van der Waals surface area contributed by atoms with Gasteiger partial charge in [-0.25, -0.2) is 4.79 Å². The number of ether oxygens (including phenoxy) is 1. The Morgan fingerprint density at radius 2 is 2.00 bits per heavy atom. The van der Waals surface area contributed by atoms with Crippen LogP contribution in [-0.2, 0) is 6.18 Å². The van der Waals surface area contributed by atoms with Crippen LogP contribution < -0.4 is 4.74 Å². The number of benzene rings is 2. The third kappa shape index (κ3) is 3.15. The van der Waals surface area contributed by atoms with Gasteiger partial charge in [0.05, 0.1) is 34.5 Å². The van der Waals surface area contributed by atoms with Gasteiger partial charge in [0, 0.05) is 0 Å². The first kappa shape index (κ1) is 16.8. The third-order valence-electron chi connectivity index (χ3n) is 3.58. The number of hydrogen-bond acceptors (Lipinski definition) is 3. The molecule has 5 nitrogen and oxygen atoms in total. The summed E-state index contributed by atoms with van der Waals surface area (Å²) < 4.78 is 45.6. The number of nitrogens with zero attached hydrogens (tertiary/aromatic N) is 2. The highest BCUT2D eigenvalue weighted by Crippen LogP contribution is 2.33. The Kier molecular flexibility index (Phi) is 4.12. The lowest BCUT2D eigenvalue weighted by molar-refractivity contribution is -0.137. The van der Waals surface area contributed by atoms with E-state index in [0.29, 0.717) is 11.2 Å². The minimum absolute atomic E-state index is 0.0497. The third-order valence-corrected chi connectivity index (χ3v) is 3.58. The first-order valence-corrected chi connectivity index (χ1v) is 7.37. The topological polar surface area (TPSA) is 64.4 Å². The smallest absolute Gasteiger partial charge is 0.416 e. The average Bonchev–Trinajstić information content (AvgIpc) is 2.91. The van der Waals surface area contributed by atoms with Crippen LogP contribution in [0.1, 0.15) is 22.8 Å². The van der Waals surface area contributed by atoms with E-state index < -0.39 is 17.7 Å². The van der Waals surface area contributed by atoms with Crippen molar-refractivity contribution in [3.05, 3.63) is 53.6 Å². The van der Waals surface area contributed by atoms with Crippen LogP contribution in [0.25, 0.3) is 16.7 Å². The van der Waals surface area contributed by atoms with Crippen molar-refractivity contribution in [2.24, 2.45) is 0 Å². The van der Waals surface area contributed by atoms with Gasteiger partial charge in [0.1, 0.15) is 0 Å². The zero-order valence-corrected chi connectivity index (χ0v) is 13.0. The summed E-state index contributed by atoms with van der Waals surface area (Å²) >= 11 is 0. The van der Waals surface area contributed by atoms with Gasteiger partial charge in [-0.05, 0) is 43.3 Å². The molecule has 3 aromatic rings. The van der Waals surface area contributed by atoms with Gasteiger partial charge in [0.2, 0.25) is 0 Å².